The van der Waals surface area contributed by atoms with Crippen LogP contribution in [0.2, 0.25) is 0 Å². The van der Waals surface area contributed by atoms with E-state index in [0.29, 0.717) is 5.56 Å². The van der Waals surface area contributed by atoms with Crippen molar-refractivity contribution in [3.8, 4) is 11.1 Å². The minimum Gasteiger partial charge on any atom is -0.203 e. The van der Waals surface area contributed by atoms with Crippen molar-refractivity contribution in [2.24, 2.45) is 0 Å². The Balaban J connectivity index is 2.32. The third-order valence-corrected chi connectivity index (χ3v) is 2.65. The van der Waals surface area contributed by atoms with Gasteiger partial charge < -0.3 is 0 Å². The summed E-state index contributed by atoms with van der Waals surface area (Å²) in [6.45, 7) is 0. The summed E-state index contributed by atoms with van der Waals surface area (Å²) in [7, 11) is 0. The van der Waals surface area contributed by atoms with Crippen LogP contribution in [-0.2, 0) is 5.92 Å². The van der Waals surface area contributed by atoms with E-state index in [1.807, 2.05) is 30.3 Å². The van der Waals surface area contributed by atoms with Gasteiger partial charge in [0.1, 0.15) is 0 Å². The molecule has 94 valence electrons. The van der Waals surface area contributed by atoms with Gasteiger partial charge in [-0.3, -0.25) is 0 Å². The van der Waals surface area contributed by atoms with Crippen molar-refractivity contribution >= 4 is 0 Å². The molecule has 0 spiro atoms. The first kappa shape index (κ1) is 12.6. The summed E-state index contributed by atoms with van der Waals surface area (Å²) in [4.78, 5) is 0. The van der Waals surface area contributed by atoms with Crippen LogP contribution in [0.1, 0.15) is 5.56 Å². The summed E-state index contributed by atoms with van der Waals surface area (Å²) < 4.78 is 50.5. The van der Waals surface area contributed by atoms with Gasteiger partial charge in [0.15, 0.2) is 0 Å². The molecule has 0 amide bonds. The first-order valence-electron chi connectivity index (χ1n) is 5.34. The lowest BCUT2D eigenvalue weighted by atomic mass is 10.0. The summed E-state index contributed by atoms with van der Waals surface area (Å²) in [5, 5.41) is 0. The Bertz CT molecular complexity index is 503. The molecule has 0 nitrogen and oxygen atoms in total. The van der Waals surface area contributed by atoms with E-state index in [4.69, 9.17) is 0 Å². The molecule has 0 aliphatic rings. The maximum absolute atomic E-state index is 13.1. The first-order valence-corrected chi connectivity index (χ1v) is 5.34. The molecule has 2 rings (SSSR count). The highest BCUT2D eigenvalue weighted by Crippen LogP contribution is 2.35. The second kappa shape index (κ2) is 4.80. The number of benzene rings is 2. The zero-order chi connectivity index (χ0) is 13.2. The van der Waals surface area contributed by atoms with Crippen LogP contribution in [0, 0.1) is 0 Å². The van der Waals surface area contributed by atoms with Gasteiger partial charge in [-0.25, -0.2) is 8.78 Å². The molecule has 0 aliphatic carbocycles. The Labute approximate surface area is 102 Å². The largest absolute Gasteiger partial charge is 0.332 e. The molecule has 2 aromatic carbocycles. The maximum atomic E-state index is 13.1. The number of rotatable bonds is 3. The molecule has 0 atom stereocenters. The van der Waals surface area contributed by atoms with Crippen molar-refractivity contribution in [3.05, 3.63) is 60.2 Å². The molecule has 2 aromatic rings. The minimum absolute atomic E-state index is 0.669. The summed E-state index contributed by atoms with van der Waals surface area (Å²) in [6, 6.07) is 14.0. The molecule has 0 fully saturated rings. The lowest BCUT2D eigenvalue weighted by Crippen LogP contribution is -2.23. The van der Waals surface area contributed by atoms with Gasteiger partial charge in [0.2, 0.25) is 0 Å². The monoisotopic (exact) mass is 254 g/mol. The standard InChI is InChI=1S/C14H10F4/c15-13(16)14(17,18)12-8-6-11(7-9-12)10-4-2-1-3-5-10/h1-9,13H. The van der Waals surface area contributed by atoms with Gasteiger partial charge >= 0.3 is 12.3 Å². The normalized spacial score (nSPS) is 11.8. The van der Waals surface area contributed by atoms with Gasteiger partial charge in [-0.1, -0.05) is 54.6 Å². The Kier molecular flexibility index (Phi) is 3.36. The molecule has 0 aliphatic heterocycles. The van der Waals surface area contributed by atoms with E-state index >= 15 is 0 Å². The average Bonchev–Trinajstić information content (AvgIpc) is 2.40. The predicted octanol–water partition coefficient (Wildman–Crippen LogP) is 4.71. The number of alkyl halides is 4. The number of hydrogen-bond donors (Lipinski definition) is 0. The highest BCUT2D eigenvalue weighted by molar-refractivity contribution is 5.63. The molecular weight excluding hydrogens is 244 g/mol. The van der Waals surface area contributed by atoms with Crippen molar-refractivity contribution in [1.82, 2.24) is 0 Å². The molecule has 0 saturated heterocycles. The van der Waals surface area contributed by atoms with Crippen LogP contribution in [-0.4, -0.2) is 6.43 Å². The molecule has 0 aromatic heterocycles. The topological polar surface area (TPSA) is 0 Å². The molecule has 0 radical (unpaired) electrons. The lowest BCUT2D eigenvalue weighted by Gasteiger charge is -2.15. The molecule has 4 heteroatoms. The maximum Gasteiger partial charge on any atom is 0.332 e. The van der Waals surface area contributed by atoms with Crippen LogP contribution in [0.5, 0.6) is 0 Å². The Morgan fingerprint density at radius 2 is 1.22 bits per heavy atom. The highest BCUT2D eigenvalue weighted by atomic mass is 19.3. The second-order valence-corrected chi connectivity index (χ2v) is 3.87. The summed E-state index contributed by atoms with van der Waals surface area (Å²) in [6.07, 6.45) is -3.69. The fourth-order valence-electron chi connectivity index (χ4n) is 1.64. The van der Waals surface area contributed by atoms with Crippen molar-refractivity contribution in [2.75, 3.05) is 0 Å². The molecule has 0 bridgehead atoms. The van der Waals surface area contributed by atoms with E-state index in [1.165, 1.54) is 12.1 Å². The van der Waals surface area contributed by atoms with Crippen LogP contribution in [0.3, 0.4) is 0 Å². The van der Waals surface area contributed by atoms with E-state index in [1.54, 1.807) is 0 Å². The SMILES string of the molecule is FC(F)C(F)(F)c1ccc(-c2ccccc2)cc1. The highest BCUT2D eigenvalue weighted by Gasteiger charge is 2.42. The Morgan fingerprint density at radius 3 is 1.72 bits per heavy atom. The van der Waals surface area contributed by atoms with Crippen LogP contribution >= 0.6 is 0 Å². The van der Waals surface area contributed by atoms with Gasteiger partial charge in [0.05, 0.1) is 0 Å². The van der Waals surface area contributed by atoms with Crippen molar-refractivity contribution in [3.63, 3.8) is 0 Å². The average molecular weight is 254 g/mol. The minimum atomic E-state index is -4.10. The molecule has 18 heavy (non-hydrogen) atoms. The smallest absolute Gasteiger partial charge is 0.203 e. The Morgan fingerprint density at radius 1 is 0.722 bits per heavy atom. The quantitative estimate of drug-likeness (QED) is 0.696. The molecule has 0 heterocycles. The molecule has 0 N–H and O–H groups in total. The summed E-state index contributed by atoms with van der Waals surface area (Å²) >= 11 is 0. The fraction of sp³-hybridized carbons (Fsp3) is 0.143. The van der Waals surface area contributed by atoms with Crippen LogP contribution in [0.15, 0.2) is 54.6 Å². The van der Waals surface area contributed by atoms with Crippen molar-refractivity contribution in [1.29, 1.82) is 0 Å². The third-order valence-electron chi connectivity index (χ3n) is 2.65. The van der Waals surface area contributed by atoms with Crippen molar-refractivity contribution in [2.45, 2.75) is 12.3 Å². The van der Waals surface area contributed by atoms with Crippen LogP contribution in [0.4, 0.5) is 17.6 Å². The zero-order valence-electron chi connectivity index (χ0n) is 9.29. The summed E-state index contributed by atoms with van der Waals surface area (Å²) in [5.41, 5.74) is 0.894. The van der Waals surface area contributed by atoms with E-state index in [2.05, 4.69) is 0 Å². The van der Waals surface area contributed by atoms with Crippen LogP contribution in [0.25, 0.3) is 11.1 Å². The second-order valence-electron chi connectivity index (χ2n) is 3.87. The lowest BCUT2D eigenvalue weighted by molar-refractivity contribution is -0.135. The van der Waals surface area contributed by atoms with Gasteiger partial charge in [-0.15, -0.1) is 0 Å². The fourth-order valence-corrected chi connectivity index (χ4v) is 1.64. The first-order chi connectivity index (χ1) is 8.51. The third kappa shape index (κ3) is 2.37. The van der Waals surface area contributed by atoms with Crippen molar-refractivity contribution < 1.29 is 17.6 Å². The molecule has 0 unspecified atom stereocenters. The van der Waals surface area contributed by atoms with Gasteiger partial charge in [-0.2, -0.15) is 8.78 Å². The zero-order valence-corrected chi connectivity index (χ0v) is 9.29. The van der Waals surface area contributed by atoms with Crippen LogP contribution < -0.4 is 0 Å². The Hall–Kier alpha value is -1.84. The summed E-state index contributed by atoms with van der Waals surface area (Å²) in [5.74, 6) is -4.10. The molecular formula is C14H10F4. The van der Waals surface area contributed by atoms with E-state index in [0.717, 1.165) is 17.7 Å². The van der Waals surface area contributed by atoms with E-state index in [-0.39, 0.29) is 0 Å². The van der Waals surface area contributed by atoms with Gasteiger partial charge in [0.25, 0.3) is 0 Å². The molecule has 0 saturated carbocycles. The van der Waals surface area contributed by atoms with E-state index in [9.17, 15) is 17.6 Å². The predicted molar refractivity (Wildman–Crippen MR) is 61.8 cm³/mol. The number of halogens is 4. The van der Waals surface area contributed by atoms with Gasteiger partial charge in [0, 0.05) is 5.56 Å². The van der Waals surface area contributed by atoms with E-state index < -0.39 is 17.9 Å². The van der Waals surface area contributed by atoms with Gasteiger partial charge in [-0.05, 0) is 11.1 Å². The number of hydrogen-bond acceptors (Lipinski definition) is 0.